The molecule has 76 valence electrons. The molecule has 5 heteroatoms. The summed E-state index contributed by atoms with van der Waals surface area (Å²) < 4.78 is 9.84. The minimum Gasteiger partial charge on any atom is -0.481 e. The van der Waals surface area contributed by atoms with Crippen LogP contribution in [0.2, 0.25) is 0 Å². The van der Waals surface area contributed by atoms with E-state index in [2.05, 4.69) is 4.74 Å². The summed E-state index contributed by atoms with van der Waals surface area (Å²) in [5.41, 5.74) is 0. The molecule has 4 atom stereocenters. The fourth-order valence-corrected chi connectivity index (χ4v) is 2.02. The van der Waals surface area contributed by atoms with Gasteiger partial charge in [-0.05, 0) is 0 Å². The fraction of sp³-hybridized carbons (Fsp3) is 0.556. The van der Waals surface area contributed by atoms with Gasteiger partial charge >= 0.3 is 11.9 Å². The number of methoxy groups -OCH3 is 1. The molecular weight excluding hydrogens is 188 g/mol. The van der Waals surface area contributed by atoms with E-state index in [1.807, 2.05) is 0 Å². The number of rotatable bonds is 2. The topological polar surface area (TPSA) is 72.8 Å². The zero-order chi connectivity index (χ0) is 10.3. The number of carbonyl (C=O) groups is 2. The lowest BCUT2D eigenvalue weighted by atomic mass is 9.83. The summed E-state index contributed by atoms with van der Waals surface area (Å²) >= 11 is 0. The van der Waals surface area contributed by atoms with E-state index in [-0.39, 0.29) is 0 Å². The van der Waals surface area contributed by atoms with Crippen LogP contribution >= 0.6 is 0 Å². The van der Waals surface area contributed by atoms with Crippen LogP contribution in [0.5, 0.6) is 0 Å². The predicted molar refractivity (Wildman–Crippen MR) is 44.4 cm³/mol. The van der Waals surface area contributed by atoms with Gasteiger partial charge in [-0.2, -0.15) is 0 Å². The SMILES string of the molecule is COC(=O)[C@@H]1[C@H](C(=O)O)[C@H]2C=C[C@@H]1O2. The van der Waals surface area contributed by atoms with Gasteiger partial charge in [-0.25, -0.2) is 0 Å². The zero-order valence-electron chi connectivity index (χ0n) is 7.54. The van der Waals surface area contributed by atoms with Gasteiger partial charge in [-0.15, -0.1) is 0 Å². The minimum atomic E-state index is -1.02. The minimum absolute atomic E-state index is 0.437. The number of carboxylic acids is 1. The van der Waals surface area contributed by atoms with Crippen LogP contribution in [0.3, 0.4) is 0 Å². The van der Waals surface area contributed by atoms with Gasteiger partial charge in [0.1, 0.15) is 11.8 Å². The van der Waals surface area contributed by atoms with Crippen LogP contribution in [0.25, 0.3) is 0 Å². The van der Waals surface area contributed by atoms with Crippen molar-refractivity contribution in [1.29, 1.82) is 0 Å². The van der Waals surface area contributed by atoms with Gasteiger partial charge < -0.3 is 14.6 Å². The average Bonchev–Trinajstić information content (AvgIpc) is 2.74. The molecule has 1 N–H and O–H groups in total. The van der Waals surface area contributed by atoms with E-state index in [1.165, 1.54) is 7.11 Å². The molecule has 0 unspecified atom stereocenters. The Morgan fingerprint density at radius 3 is 2.36 bits per heavy atom. The van der Waals surface area contributed by atoms with Gasteiger partial charge in [0, 0.05) is 0 Å². The first-order chi connectivity index (χ1) is 6.65. The van der Waals surface area contributed by atoms with Crippen molar-refractivity contribution in [2.45, 2.75) is 12.2 Å². The molecule has 14 heavy (non-hydrogen) atoms. The summed E-state index contributed by atoms with van der Waals surface area (Å²) in [6, 6.07) is 0. The van der Waals surface area contributed by atoms with E-state index < -0.39 is 36.0 Å². The van der Waals surface area contributed by atoms with E-state index in [0.717, 1.165) is 0 Å². The second kappa shape index (κ2) is 3.09. The van der Waals surface area contributed by atoms with Gasteiger partial charge in [0.25, 0.3) is 0 Å². The first-order valence-corrected chi connectivity index (χ1v) is 4.29. The lowest BCUT2D eigenvalue weighted by molar-refractivity contribution is -0.154. The number of hydrogen-bond donors (Lipinski definition) is 1. The van der Waals surface area contributed by atoms with Crippen LogP contribution in [0.4, 0.5) is 0 Å². The third-order valence-corrected chi connectivity index (χ3v) is 2.66. The molecule has 1 fully saturated rings. The molecule has 0 radical (unpaired) electrons. The van der Waals surface area contributed by atoms with Crippen molar-refractivity contribution in [2.75, 3.05) is 7.11 Å². The standard InChI is InChI=1S/C9H10O5/c1-13-9(12)7-5-3-2-4(14-5)6(7)8(10)11/h2-7H,1H3,(H,10,11)/t4-,5+,6-,7+/m1/s1. The lowest BCUT2D eigenvalue weighted by Crippen LogP contribution is -2.36. The molecule has 2 heterocycles. The van der Waals surface area contributed by atoms with Gasteiger partial charge in [-0.3, -0.25) is 9.59 Å². The highest BCUT2D eigenvalue weighted by atomic mass is 16.5. The van der Waals surface area contributed by atoms with Crippen LogP contribution in [0.15, 0.2) is 12.2 Å². The number of carbonyl (C=O) groups excluding carboxylic acids is 1. The Hall–Kier alpha value is -1.36. The van der Waals surface area contributed by atoms with E-state index in [4.69, 9.17) is 9.84 Å². The predicted octanol–water partition coefficient (Wildman–Crippen LogP) is -0.186. The Bertz CT molecular complexity index is 308. The third kappa shape index (κ3) is 1.13. The molecule has 2 bridgehead atoms. The van der Waals surface area contributed by atoms with Crippen molar-refractivity contribution in [3.05, 3.63) is 12.2 Å². The monoisotopic (exact) mass is 198 g/mol. The Balaban J connectivity index is 2.26. The highest BCUT2D eigenvalue weighted by Crippen LogP contribution is 2.39. The summed E-state index contributed by atoms with van der Waals surface area (Å²) in [6.45, 7) is 0. The number of esters is 1. The summed E-state index contributed by atoms with van der Waals surface area (Å²) in [6.07, 6.45) is 2.48. The van der Waals surface area contributed by atoms with Gasteiger partial charge in [-0.1, -0.05) is 12.2 Å². The Labute approximate surface area is 80.3 Å². The molecule has 0 spiro atoms. The van der Waals surface area contributed by atoms with E-state index in [9.17, 15) is 9.59 Å². The van der Waals surface area contributed by atoms with E-state index in [1.54, 1.807) is 12.2 Å². The maximum absolute atomic E-state index is 11.3. The molecule has 0 aliphatic carbocycles. The second-order valence-corrected chi connectivity index (χ2v) is 3.36. The highest BCUT2D eigenvalue weighted by Gasteiger charge is 2.53. The highest BCUT2D eigenvalue weighted by molar-refractivity contribution is 5.83. The zero-order valence-corrected chi connectivity index (χ0v) is 7.54. The van der Waals surface area contributed by atoms with Crippen molar-refractivity contribution in [3.8, 4) is 0 Å². The molecule has 0 aromatic carbocycles. The lowest BCUT2D eigenvalue weighted by Gasteiger charge is -2.18. The number of fused-ring (bicyclic) bond motifs is 2. The second-order valence-electron chi connectivity index (χ2n) is 3.36. The van der Waals surface area contributed by atoms with Gasteiger partial charge in [0.2, 0.25) is 0 Å². The smallest absolute Gasteiger partial charge is 0.312 e. The van der Waals surface area contributed by atoms with Crippen LogP contribution < -0.4 is 0 Å². The van der Waals surface area contributed by atoms with Crippen molar-refractivity contribution in [2.24, 2.45) is 11.8 Å². The van der Waals surface area contributed by atoms with E-state index >= 15 is 0 Å². The number of carboxylic acid groups (broad SMARTS) is 1. The van der Waals surface area contributed by atoms with Crippen molar-refractivity contribution < 1.29 is 24.2 Å². The Morgan fingerprint density at radius 1 is 1.29 bits per heavy atom. The largest absolute Gasteiger partial charge is 0.481 e. The van der Waals surface area contributed by atoms with Crippen LogP contribution in [0, 0.1) is 11.8 Å². The molecule has 0 saturated carbocycles. The van der Waals surface area contributed by atoms with Gasteiger partial charge in [0.15, 0.2) is 0 Å². The molecule has 0 aromatic rings. The first-order valence-electron chi connectivity index (χ1n) is 4.29. The van der Waals surface area contributed by atoms with Crippen molar-refractivity contribution in [1.82, 2.24) is 0 Å². The molecule has 2 aliphatic heterocycles. The number of aliphatic carboxylic acids is 1. The third-order valence-electron chi connectivity index (χ3n) is 2.66. The molecule has 0 aromatic heterocycles. The van der Waals surface area contributed by atoms with Crippen LogP contribution in [0.1, 0.15) is 0 Å². The maximum atomic E-state index is 11.3. The summed E-state index contributed by atoms with van der Waals surface area (Å²) in [7, 11) is 1.25. The van der Waals surface area contributed by atoms with Crippen LogP contribution in [-0.4, -0.2) is 36.4 Å². The molecule has 2 aliphatic rings. The molecule has 2 rings (SSSR count). The average molecular weight is 198 g/mol. The summed E-state index contributed by atoms with van der Waals surface area (Å²) in [5, 5.41) is 8.93. The van der Waals surface area contributed by atoms with E-state index in [0.29, 0.717) is 0 Å². The summed E-state index contributed by atoms with van der Waals surface area (Å²) in [4.78, 5) is 22.2. The molecular formula is C9H10O5. The molecule has 1 saturated heterocycles. The molecule has 5 nitrogen and oxygen atoms in total. The molecule has 0 amide bonds. The number of ether oxygens (including phenoxy) is 2. The normalized spacial score (nSPS) is 38.6. The number of hydrogen-bond acceptors (Lipinski definition) is 4. The van der Waals surface area contributed by atoms with Crippen molar-refractivity contribution in [3.63, 3.8) is 0 Å². The van der Waals surface area contributed by atoms with Crippen LogP contribution in [-0.2, 0) is 19.1 Å². The maximum Gasteiger partial charge on any atom is 0.312 e. The Morgan fingerprint density at radius 2 is 1.86 bits per heavy atom. The Kier molecular flexibility index (Phi) is 2.03. The summed E-state index contributed by atoms with van der Waals surface area (Å²) in [5.74, 6) is -3.04. The first kappa shape index (κ1) is 9.21. The fourth-order valence-electron chi connectivity index (χ4n) is 2.02. The quantitative estimate of drug-likeness (QED) is 0.492. The van der Waals surface area contributed by atoms with Crippen molar-refractivity contribution >= 4 is 11.9 Å². The van der Waals surface area contributed by atoms with Gasteiger partial charge in [0.05, 0.1) is 19.3 Å².